The molecule has 0 unspecified atom stereocenters. The van der Waals surface area contributed by atoms with Gasteiger partial charge in [0.05, 0.1) is 6.42 Å². The predicted octanol–water partition coefficient (Wildman–Crippen LogP) is -0.939. The molecule has 0 rings (SSSR count). The standard InChI is InChI=1S/C4H8N2O4/c5-10-3(7)1-2-6-4(8)9/h6H,1-2,5H2,(H,8,9). The van der Waals surface area contributed by atoms with Crippen molar-refractivity contribution < 1.29 is 19.5 Å². The first-order valence-electron chi connectivity index (χ1n) is 2.53. The minimum Gasteiger partial charge on any atom is -0.465 e. The SMILES string of the molecule is NOC(=O)CCNC(=O)O. The van der Waals surface area contributed by atoms with E-state index >= 15 is 0 Å². The van der Waals surface area contributed by atoms with Gasteiger partial charge in [0.15, 0.2) is 0 Å². The third kappa shape index (κ3) is 4.85. The molecule has 0 aromatic carbocycles. The summed E-state index contributed by atoms with van der Waals surface area (Å²) in [5.41, 5.74) is 0. The number of hydrogen-bond acceptors (Lipinski definition) is 4. The number of hydrogen-bond donors (Lipinski definition) is 3. The summed E-state index contributed by atoms with van der Waals surface area (Å²) in [6.45, 7) is 0.0192. The van der Waals surface area contributed by atoms with Crippen LogP contribution in [-0.4, -0.2) is 23.7 Å². The molecule has 0 atom stereocenters. The highest BCUT2D eigenvalue weighted by Gasteiger charge is 2.00. The highest BCUT2D eigenvalue weighted by molar-refractivity contribution is 5.70. The number of amides is 1. The Hall–Kier alpha value is -1.30. The Kier molecular flexibility index (Phi) is 3.97. The molecule has 0 aliphatic heterocycles. The fraction of sp³-hybridized carbons (Fsp3) is 0.500. The van der Waals surface area contributed by atoms with E-state index in [-0.39, 0.29) is 13.0 Å². The maximum atomic E-state index is 10.2. The molecule has 0 fully saturated rings. The van der Waals surface area contributed by atoms with E-state index in [0.29, 0.717) is 0 Å². The Morgan fingerprint density at radius 2 is 2.20 bits per heavy atom. The second-order valence-corrected chi connectivity index (χ2v) is 1.47. The Bertz CT molecular complexity index is 135. The monoisotopic (exact) mass is 148 g/mol. The third-order valence-electron chi connectivity index (χ3n) is 0.737. The van der Waals surface area contributed by atoms with Gasteiger partial charge in [0.2, 0.25) is 0 Å². The fourth-order valence-electron chi connectivity index (χ4n) is 0.330. The first-order chi connectivity index (χ1) is 4.66. The van der Waals surface area contributed by atoms with Crippen LogP contribution in [0.2, 0.25) is 0 Å². The van der Waals surface area contributed by atoms with Crippen molar-refractivity contribution in [3.05, 3.63) is 0 Å². The summed E-state index contributed by atoms with van der Waals surface area (Å²) >= 11 is 0. The van der Waals surface area contributed by atoms with Gasteiger partial charge in [-0.15, -0.1) is 0 Å². The molecule has 0 spiro atoms. The number of carbonyl (C=O) groups is 2. The summed E-state index contributed by atoms with van der Waals surface area (Å²) in [5, 5.41) is 9.98. The predicted molar refractivity (Wildman–Crippen MR) is 30.9 cm³/mol. The molecular weight excluding hydrogens is 140 g/mol. The van der Waals surface area contributed by atoms with Crippen LogP contribution in [0, 0.1) is 0 Å². The molecular formula is C4H8N2O4. The van der Waals surface area contributed by atoms with Crippen LogP contribution in [0.3, 0.4) is 0 Å². The lowest BCUT2D eigenvalue weighted by Gasteiger charge is -1.97. The lowest BCUT2D eigenvalue weighted by Crippen LogP contribution is -2.25. The molecule has 6 nitrogen and oxygen atoms in total. The molecule has 0 saturated carbocycles. The minimum absolute atomic E-state index is 0.0192. The summed E-state index contributed by atoms with van der Waals surface area (Å²) < 4.78 is 0. The Morgan fingerprint density at radius 1 is 1.60 bits per heavy atom. The van der Waals surface area contributed by atoms with Crippen molar-refractivity contribution in [1.82, 2.24) is 5.32 Å². The van der Waals surface area contributed by atoms with E-state index in [2.05, 4.69) is 10.7 Å². The van der Waals surface area contributed by atoms with E-state index in [0.717, 1.165) is 0 Å². The van der Waals surface area contributed by atoms with E-state index in [4.69, 9.17) is 5.11 Å². The van der Waals surface area contributed by atoms with Crippen molar-refractivity contribution in [2.24, 2.45) is 5.90 Å². The van der Waals surface area contributed by atoms with E-state index in [1.807, 2.05) is 5.32 Å². The lowest BCUT2D eigenvalue weighted by molar-refractivity contribution is -0.144. The number of carboxylic acid groups (broad SMARTS) is 1. The number of nitrogens with two attached hydrogens (primary N) is 1. The van der Waals surface area contributed by atoms with Gasteiger partial charge in [0, 0.05) is 6.54 Å². The molecule has 0 radical (unpaired) electrons. The van der Waals surface area contributed by atoms with Crippen molar-refractivity contribution in [3.8, 4) is 0 Å². The van der Waals surface area contributed by atoms with Crippen LogP contribution in [0.1, 0.15) is 6.42 Å². The molecule has 0 aromatic heterocycles. The molecule has 0 bridgehead atoms. The van der Waals surface area contributed by atoms with E-state index in [9.17, 15) is 9.59 Å². The Labute approximate surface area is 56.9 Å². The molecule has 0 aromatic rings. The molecule has 0 heterocycles. The number of rotatable bonds is 3. The van der Waals surface area contributed by atoms with Crippen molar-refractivity contribution in [2.45, 2.75) is 6.42 Å². The van der Waals surface area contributed by atoms with E-state index in [1.54, 1.807) is 0 Å². The quantitative estimate of drug-likeness (QED) is 0.448. The molecule has 6 heteroatoms. The van der Waals surface area contributed by atoms with Gasteiger partial charge >= 0.3 is 12.1 Å². The number of nitrogens with one attached hydrogen (secondary N) is 1. The van der Waals surface area contributed by atoms with E-state index < -0.39 is 12.1 Å². The van der Waals surface area contributed by atoms with Crippen LogP contribution >= 0.6 is 0 Å². The van der Waals surface area contributed by atoms with Crippen molar-refractivity contribution in [2.75, 3.05) is 6.54 Å². The normalized spacial score (nSPS) is 8.50. The first-order valence-corrected chi connectivity index (χ1v) is 2.53. The molecule has 0 aliphatic carbocycles. The van der Waals surface area contributed by atoms with E-state index in [1.165, 1.54) is 0 Å². The Balaban J connectivity index is 3.20. The lowest BCUT2D eigenvalue weighted by atomic mass is 10.4. The Morgan fingerprint density at radius 3 is 2.60 bits per heavy atom. The topological polar surface area (TPSA) is 102 Å². The third-order valence-corrected chi connectivity index (χ3v) is 0.737. The van der Waals surface area contributed by atoms with Gasteiger partial charge in [-0.1, -0.05) is 0 Å². The number of carbonyl (C=O) groups excluding carboxylic acids is 1. The fourth-order valence-corrected chi connectivity index (χ4v) is 0.330. The highest BCUT2D eigenvalue weighted by atomic mass is 16.7. The largest absolute Gasteiger partial charge is 0.465 e. The van der Waals surface area contributed by atoms with Gasteiger partial charge in [0.1, 0.15) is 0 Å². The summed E-state index contributed by atoms with van der Waals surface area (Å²) in [6, 6.07) is 0. The maximum absolute atomic E-state index is 10.2. The van der Waals surface area contributed by atoms with Gasteiger partial charge in [-0.05, 0) is 0 Å². The molecule has 0 aliphatic rings. The zero-order valence-electron chi connectivity index (χ0n) is 5.16. The van der Waals surface area contributed by atoms with Crippen molar-refractivity contribution >= 4 is 12.1 Å². The summed E-state index contributed by atoms with van der Waals surface area (Å²) in [7, 11) is 0. The summed E-state index contributed by atoms with van der Waals surface area (Å²) in [6.07, 6.45) is -1.23. The molecule has 0 saturated heterocycles. The average Bonchev–Trinajstić information content (AvgIpc) is 1.87. The zero-order chi connectivity index (χ0) is 7.98. The van der Waals surface area contributed by atoms with Gasteiger partial charge < -0.3 is 15.3 Å². The second-order valence-electron chi connectivity index (χ2n) is 1.47. The summed E-state index contributed by atoms with van der Waals surface area (Å²) in [5.74, 6) is 3.82. The summed E-state index contributed by atoms with van der Waals surface area (Å²) in [4.78, 5) is 23.7. The molecule has 1 amide bonds. The van der Waals surface area contributed by atoms with Crippen LogP contribution in [0.5, 0.6) is 0 Å². The van der Waals surface area contributed by atoms with Gasteiger partial charge in [0.25, 0.3) is 0 Å². The van der Waals surface area contributed by atoms with Crippen LogP contribution in [0.15, 0.2) is 0 Å². The molecule has 4 N–H and O–H groups in total. The van der Waals surface area contributed by atoms with Gasteiger partial charge in [-0.3, -0.25) is 4.79 Å². The smallest absolute Gasteiger partial charge is 0.404 e. The maximum Gasteiger partial charge on any atom is 0.404 e. The van der Waals surface area contributed by atoms with Gasteiger partial charge in [-0.2, -0.15) is 5.90 Å². The minimum atomic E-state index is -1.18. The first kappa shape index (κ1) is 8.70. The highest BCUT2D eigenvalue weighted by Crippen LogP contribution is 1.78. The molecule has 58 valence electrons. The van der Waals surface area contributed by atoms with Crippen LogP contribution in [0.4, 0.5) is 4.79 Å². The van der Waals surface area contributed by atoms with Gasteiger partial charge in [-0.25, -0.2) is 4.79 Å². The van der Waals surface area contributed by atoms with Crippen LogP contribution < -0.4 is 11.2 Å². The van der Waals surface area contributed by atoms with Crippen LogP contribution in [-0.2, 0) is 9.63 Å². The average molecular weight is 148 g/mol. The van der Waals surface area contributed by atoms with Crippen molar-refractivity contribution in [3.63, 3.8) is 0 Å². The zero-order valence-corrected chi connectivity index (χ0v) is 5.16. The second kappa shape index (κ2) is 4.57. The van der Waals surface area contributed by atoms with Crippen molar-refractivity contribution in [1.29, 1.82) is 0 Å². The molecule has 10 heavy (non-hydrogen) atoms. The van der Waals surface area contributed by atoms with Crippen LogP contribution in [0.25, 0.3) is 0 Å².